The molecule has 0 unspecified atom stereocenters. The molecular weight excluding hydrogens is 330 g/mol. The van der Waals surface area contributed by atoms with Crippen molar-refractivity contribution in [2.75, 3.05) is 44.7 Å². The topological polar surface area (TPSA) is 87.7 Å². The van der Waals surface area contributed by atoms with E-state index in [1.54, 1.807) is 18.2 Å². The van der Waals surface area contributed by atoms with Crippen LogP contribution in [0.5, 0.6) is 0 Å². The molecule has 0 atom stereocenters. The van der Waals surface area contributed by atoms with E-state index < -0.39 is 10.0 Å². The van der Waals surface area contributed by atoms with Gasteiger partial charge in [-0.2, -0.15) is 0 Å². The van der Waals surface area contributed by atoms with Gasteiger partial charge < -0.3 is 10.1 Å². The normalized spacial score (nSPS) is 19.4. The van der Waals surface area contributed by atoms with Crippen molar-refractivity contribution in [3.63, 3.8) is 0 Å². The quantitative estimate of drug-likeness (QED) is 0.808. The highest BCUT2D eigenvalue weighted by molar-refractivity contribution is 7.89. The van der Waals surface area contributed by atoms with E-state index in [1.807, 2.05) is 0 Å². The number of rotatable bonds is 5. The van der Waals surface area contributed by atoms with Gasteiger partial charge in [-0.1, -0.05) is 0 Å². The number of nitrogens with zero attached hydrogens (tertiary/aromatic N) is 1. The van der Waals surface area contributed by atoms with Crippen LogP contribution in [0.4, 0.5) is 5.69 Å². The van der Waals surface area contributed by atoms with Gasteiger partial charge in [-0.25, -0.2) is 13.1 Å². The number of fused-ring (bicyclic) bond motifs is 1. The minimum absolute atomic E-state index is 0.0204. The summed E-state index contributed by atoms with van der Waals surface area (Å²) in [6.07, 6.45) is 1.90. The minimum Gasteiger partial charge on any atom is -0.379 e. The van der Waals surface area contributed by atoms with E-state index >= 15 is 0 Å². The molecule has 0 saturated carbocycles. The largest absolute Gasteiger partial charge is 0.379 e. The van der Waals surface area contributed by atoms with Gasteiger partial charge in [-0.3, -0.25) is 9.69 Å². The SMILES string of the molecule is O=C1CCCc2cc(S(=O)(=O)NCCN3CCOCC3)ccc2N1. The Morgan fingerprint density at radius 3 is 2.79 bits per heavy atom. The second-order valence-electron chi connectivity index (χ2n) is 6.07. The average Bonchev–Trinajstić information content (AvgIpc) is 2.75. The number of hydrogen-bond donors (Lipinski definition) is 2. The molecular formula is C16H23N3O4S. The first-order valence-corrected chi connectivity index (χ1v) is 9.75. The molecule has 1 aromatic carbocycles. The monoisotopic (exact) mass is 353 g/mol. The Balaban J connectivity index is 1.63. The summed E-state index contributed by atoms with van der Waals surface area (Å²) in [4.78, 5) is 14.0. The zero-order valence-corrected chi connectivity index (χ0v) is 14.4. The Morgan fingerprint density at radius 1 is 1.21 bits per heavy atom. The van der Waals surface area contributed by atoms with Crippen LogP contribution in [0, 0.1) is 0 Å². The summed E-state index contributed by atoms with van der Waals surface area (Å²) in [7, 11) is -3.54. The summed E-state index contributed by atoms with van der Waals surface area (Å²) >= 11 is 0. The third kappa shape index (κ3) is 4.32. The van der Waals surface area contributed by atoms with Crippen molar-refractivity contribution in [2.45, 2.75) is 24.2 Å². The number of amides is 1. The summed E-state index contributed by atoms with van der Waals surface area (Å²) in [6.45, 7) is 4.10. The summed E-state index contributed by atoms with van der Waals surface area (Å²) in [5.41, 5.74) is 1.58. The first-order valence-electron chi connectivity index (χ1n) is 8.27. The van der Waals surface area contributed by atoms with Gasteiger partial charge in [0.1, 0.15) is 0 Å². The van der Waals surface area contributed by atoms with Crippen molar-refractivity contribution in [3.8, 4) is 0 Å². The molecule has 0 bridgehead atoms. The van der Waals surface area contributed by atoms with E-state index in [-0.39, 0.29) is 10.8 Å². The molecule has 8 heteroatoms. The van der Waals surface area contributed by atoms with Crippen LogP contribution in [0.2, 0.25) is 0 Å². The fraction of sp³-hybridized carbons (Fsp3) is 0.562. The van der Waals surface area contributed by atoms with Gasteiger partial charge in [0, 0.05) is 38.3 Å². The molecule has 1 amide bonds. The van der Waals surface area contributed by atoms with E-state index in [2.05, 4.69) is 14.9 Å². The lowest BCUT2D eigenvalue weighted by Gasteiger charge is -2.26. The molecule has 0 aromatic heterocycles. The number of ether oxygens (including phenoxy) is 1. The predicted octanol–water partition coefficient (Wildman–Crippen LogP) is 0.572. The zero-order valence-electron chi connectivity index (χ0n) is 13.6. The van der Waals surface area contributed by atoms with Crippen molar-refractivity contribution in [1.82, 2.24) is 9.62 Å². The molecule has 1 saturated heterocycles. The van der Waals surface area contributed by atoms with Crippen molar-refractivity contribution in [3.05, 3.63) is 23.8 Å². The predicted molar refractivity (Wildman–Crippen MR) is 90.5 cm³/mol. The number of nitrogens with one attached hydrogen (secondary N) is 2. The highest BCUT2D eigenvalue weighted by Gasteiger charge is 2.19. The van der Waals surface area contributed by atoms with Crippen LogP contribution in [0.25, 0.3) is 0 Å². The maximum Gasteiger partial charge on any atom is 0.240 e. The smallest absolute Gasteiger partial charge is 0.240 e. The van der Waals surface area contributed by atoms with Crippen LogP contribution < -0.4 is 10.0 Å². The van der Waals surface area contributed by atoms with Crippen LogP contribution in [-0.2, 0) is 26.0 Å². The van der Waals surface area contributed by atoms with E-state index in [0.717, 1.165) is 25.1 Å². The van der Waals surface area contributed by atoms with Crippen LogP contribution in [0.3, 0.4) is 0 Å². The first-order chi connectivity index (χ1) is 11.5. The molecule has 2 heterocycles. The molecule has 0 spiro atoms. The third-order valence-corrected chi connectivity index (χ3v) is 5.79. The maximum absolute atomic E-state index is 12.5. The fourth-order valence-corrected chi connectivity index (χ4v) is 4.04. The highest BCUT2D eigenvalue weighted by Crippen LogP contribution is 2.25. The summed E-state index contributed by atoms with van der Waals surface area (Å²) in [5, 5.41) is 2.81. The van der Waals surface area contributed by atoms with E-state index in [4.69, 9.17) is 4.74 Å². The molecule has 132 valence electrons. The van der Waals surface area contributed by atoms with Gasteiger partial charge in [0.15, 0.2) is 0 Å². The summed E-state index contributed by atoms with van der Waals surface area (Å²) in [6, 6.07) is 4.88. The molecule has 24 heavy (non-hydrogen) atoms. The van der Waals surface area contributed by atoms with Gasteiger partial charge in [0.2, 0.25) is 15.9 Å². The minimum atomic E-state index is -3.54. The van der Waals surface area contributed by atoms with Gasteiger partial charge in [-0.15, -0.1) is 0 Å². The number of morpholine rings is 1. The maximum atomic E-state index is 12.5. The standard InChI is InChI=1S/C16H23N3O4S/c20-16-3-1-2-13-12-14(4-5-15(13)18-16)24(21,22)17-6-7-19-8-10-23-11-9-19/h4-5,12,17H,1-3,6-11H2,(H,18,20). The molecule has 7 nitrogen and oxygen atoms in total. The molecule has 1 fully saturated rings. The Bertz CT molecular complexity index is 699. The summed E-state index contributed by atoms with van der Waals surface area (Å²) < 4.78 is 32.9. The second-order valence-corrected chi connectivity index (χ2v) is 7.84. The van der Waals surface area contributed by atoms with Crippen LogP contribution in [-0.4, -0.2) is 58.6 Å². The number of benzene rings is 1. The van der Waals surface area contributed by atoms with Crippen molar-refractivity contribution in [1.29, 1.82) is 0 Å². The lowest BCUT2D eigenvalue weighted by atomic mass is 10.1. The fourth-order valence-electron chi connectivity index (χ4n) is 2.96. The van der Waals surface area contributed by atoms with E-state index in [9.17, 15) is 13.2 Å². The van der Waals surface area contributed by atoms with Gasteiger partial charge in [-0.05, 0) is 36.6 Å². The number of aryl methyl sites for hydroxylation is 1. The molecule has 2 aliphatic heterocycles. The third-order valence-electron chi connectivity index (χ3n) is 4.33. The Morgan fingerprint density at radius 2 is 2.00 bits per heavy atom. The molecule has 2 aliphatic rings. The van der Waals surface area contributed by atoms with Crippen molar-refractivity contribution in [2.24, 2.45) is 0 Å². The molecule has 2 N–H and O–H groups in total. The van der Waals surface area contributed by atoms with Gasteiger partial charge in [0.25, 0.3) is 0 Å². The van der Waals surface area contributed by atoms with Crippen LogP contribution in [0.1, 0.15) is 18.4 Å². The molecule has 0 radical (unpaired) electrons. The number of hydrogen-bond acceptors (Lipinski definition) is 5. The average molecular weight is 353 g/mol. The second kappa shape index (κ2) is 7.60. The zero-order chi connectivity index (χ0) is 17.0. The summed E-state index contributed by atoms with van der Waals surface area (Å²) in [5.74, 6) is -0.0204. The van der Waals surface area contributed by atoms with E-state index in [0.29, 0.717) is 44.8 Å². The number of sulfonamides is 1. The Kier molecular flexibility index (Phi) is 5.50. The Labute approximate surface area is 142 Å². The lowest BCUT2D eigenvalue weighted by molar-refractivity contribution is -0.116. The highest BCUT2D eigenvalue weighted by atomic mass is 32.2. The Hall–Kier alpha value is -1.48. The first kappa shape index (κ1) is 17.3. The lowest BCUT2D eigenvalue weighted by Crippen LogP contribution is -2.41. The molecule has 1 aromatic rings. The van der Waals surface area contributed by atoms with Gasteiger partial charge in [0.05, 0.1) is 18.1 Å². The number of anilines is 1. The van der Waals surface area contributed by atoms with Crippen molar-refractivity contribution < 1.29 is 17.9 Å². The van der Waals surface area contributed by atoms with Gasteiger partial charge >= 0.3 is 0 Å². The number of carbonyl (C=O) groups is 1. The van der Waals surface area contributed by atoms with Crippen LogP contribution >= 0.6 is 0 Å². The molecule has 0 aliphatic carbocycles. The number of carbonyl (C=O) groups excluding carboxylic acids is 1. The van der Waals surface area contributed by atoms with Crippen molar-refractivity contribution >= 4 is 21.6 Å². The van der Waals surface area contributed by atoms with E-state index in [1.165, 1.54) is 0 Å². The molecule has 3 rings (SSSR count). The van der Waals surface area contributed by atoms with Crippen LogP contribution in [0.15, 0.2) is 23.1 Å².